The maximum atomic E-state index is 12.4. The van der Waals surface area contributed by atoms with Gasteiger partial charge in [0.2, 0.25) is 0 Å². The Morgan fingerprint density at radius 3 is 2.39 bits per heavy atom. The Bertz CT molecular complexity index is 704. The van der Waals surface area contributed by atoms with Crippen LogP contribution in [0.15, 0.2) is 18.2 Å². The smallest absolute Gasteiger partial charge is 0.340 e. The summed E-state index contributed by atoms with van der Waals surface area (Å²) in [5, 5.41) is 22.2. The molecule has 0 aliphatic heterocycles. The minimum atomic E-state index is -0.860. The number of nitrogens with one attached hydrogen (secondary N) is 1. The van der Waals surface area contributed by atoms with Crippen molar-refractivity contribution in [2.75, 3.05) is 37.9 Å². The lowest BCUT2D eigenvalue weighted by Crippen LogP contribution is -2.44. The highest BCUT2D eigenvalue weighted by atomic mass is 16.8. The molecule has 0 radical (unpaired) electrons. The van der Waals surface area contributed by atoms with Crippen molar-refractivity contribution in [2.24, 2.45) is 5.92 Å². The Labute approximate surface area is 163 Å². The van der Waals surface area contributed by atoms with Crippen LogP contribution in [0.3, 0.4) is 0 Å². The summed E-state index contributed by atoms with van der Waals surface area (Å²) >= 11 is 0. The minimum absolute atomic E-state index is 0.00287. The van der Waals surface area contributed by atoms with Crippen molar-refractivity contribution in [1.29, 1.82) is 0 Å². The van der Waals surface area contributed by atoms with Gasteiger partial charge in [-0.15, -0.1) is 0 Å². The van der Waals surface area contributed by atoms with Crippen molar-refractivity contribution < 1.29 is 29.1 Å². The predicted octanol–water partition coefficient (Wildman–Crippen LogP) is 1.31. The van der Waals surface area contributed by atoms with E-state index >= 15 is 0 Å². The number of esters is 2. The van der Waals surface area contributed by atoms with Gasteiger partial charge in [-0.05, 0) is 30.5 Å². The number of amides is 1. The van der Waals surface area contributed by atoms with Gasteiger partial charge in [-0.1, -0.05) is 13.8 Å². The van der Waals surface area contributed by atoms with E-state index in [-0.39, 0.29) is 22.4 Å². The van der Waals surface area contributed by atoms with Gasteiger partial charge < -0.3 is 30.1 Å². The summed E-state index contributed by atoms with van der Waals surface area (Å²) in [5.41, 5.74) is 0.268. The van der Waals surface area contributed by atoms with Gasteiger partial charge in [-0.25, -0.2) is 9.59 Å². The van der Waals surface area contributed by atoms with Crippen molar-refractivity contribution >= 4 is 29.2 Å². The van der Waals surface area contributed by atoms with Crippen LogP contribution in [0.5, 0.6) is 0 Å². The van der Waals surface area contributed by atoms with E-state index in [1.54, 1.807) is 19.0 Å². The normalized spacial score (nSPS) is 11.6. The lowest BCUT2D eigenvalue weighted by Gasteiger charge is -2.24. The van der Waals surface area contributed by atoms with E-state index in [0.717, 1.165) is 6.07 Å². The average Bonchev–Trinajstić information content (AvgIpc) is 2.63. The summed E-state index contributed by atoms with van der Waals surface area (Å²) in [6.07, 6.45) is 0.370. The number of carbonyl (C=O) groups excluding carboxylic acids is 3. The fourth-order valence-electron chi connectivity index (χ4n) is 2.47. The highest BCUT2D eigenvalue weighted by Gasteiger charge is 2.24. The number of carbonyl (C=O) groups is 3. The number of hydrogen-bond acceptors (Lipinski definition) is 9. The SMILES string of the molecule is COC(=O)C(CC(C)C)NC(=O)COC(=O)c1cc(N([O-])O)ccc1N(C)C. The van der Waals surface area contributed by atoms with E-state index in [0.29, 0.717) is 12.1 Å². The van der Waals surface area contributed by atoms with Crippen molar-refractivity contribution in [3.8, 4) is 0 Å². The first-order valence-corrected chi connectivity index (χ1v) is 8.58. The summed E-state index contributed by atoms with van der Waals surface area (Å²) in [5.74, 6) is -1.99. The van der Waals surface area contributed by atoms with Crippen molar-refractivity contribution in [1.82, 2.24) is 5.32 Å². The molecule has 1 atom stereocenters. The van der Waals surface area contributed by atoms with Gasteiger partial charge >= 0.3 is 11.9 Å². The summed E-state index contributed by atoms with van der Waals surface area (Å²) in [6.45, 7) is 3.15. The van der Waals surface area contributed by atoms with E-state index < -0.39 is 30.5 Å². The maximum absolute atomic E-state index is 12.4. The molecular weight excluding hydrogens is 370 g/mol. The predicted molar refractivity (Wildman–Crippen MR) is 102 cm³/mol. The van der Waals surface area contributed by atoms with Gasteiger partial charge in [0.25, 0.3) is 5.91 Å². The second-order valence-corrected chi connectivity index (χ2v) is 6.72. The van der Waals surface area contributed by atoms with E-state index in [2.05, 4.69) is 10.1 Å². The Hall–Kier alpha value is -2.85. The molecule has 1 unspecified atom stereocenters. The van der Waals surface area contributed by atoms with Gasteiger partial charge in [0.15, 0.2) is 6.61 Å². The van der Waals surface area contributed by atoms with E-state index in [1.165, 1.54) is 19.2 Å². The minimum Gasteiger partial charge on any atom is -0.733 e. The third-order valence-corrected chi connectivity index (χ3v) is 3.77. The maximum Gasteiger partial charge on any atom is 0.340 e. The monoisotopic (exact) mass is 396 g/mol. The van der Waals surface area contributed by atoms with Crippen molar-refractivity contribution in [2.45, 2.75) is 26.3 Å². The number of nitrogens with zero attached hydrogens (tertiary/aromatic N) is 2. The second kappa shape index (κ2) is 10.5. The Balaban J connectivity index is 2.84. The summed E-state index contributed by atoms with van der Waals surface area (Å²) in [6, 6.07) is 3.10. The molecule has 0 heterocycles. The number of methoxy groups -OCH3 is 1. The molecular formula is C18H26N3O7-. The lowest BCUT2D eigenvalue weighted by molar-refractivity contribution is -0.145. The molecule has 2 N–H and O–H groups in total. The molecule has 0 bridgehead atoms. The van der Waals surface area contributed by atoms with Crippen molar-refractivity contribution in [3.63, 3.8) is 0 Å². The van der Waals surface area contributed by atoms with Gasteiger partial charge in [0.05, 0.1) is 24.0 Å². The first-order valence-electron chi connectivity index (χ1n) is 8.58. The number of anilines is 2. The molecule has 0 saturated heterocycles. The molecule has 1 aromatic carbocycles. The van der Waals surface area contributed by atoms with E-state index in [1.807, 2.05) is 13.8 Å². The zero-order chi connectivity index (χ0) is 21.4. The van der Waals surface area contributed by atoms with Gasteiger partial charge in [0.1, 0.15) is 6.04 Å². The molecule has 0 spiro atoms. The molecule has 1 rings (SSSR count). The van der Waals surface area contributed by atoms with Gasteiger partial charge in [0, 0.05) is 14.1 Å². The third kappa shape index (κ3) is 6.71. The van der Waals surface area contributed by atoms with Crippen LogP contribution in [-0.4, -0.2) is 56.9 Å². The molecule has 1 aromatic rings. The summed E-state index contributed by atoms with van der Waals surface area (Å²) in [7, 11) is 4.58. The highest BCUT2D eigenvalue weighted by Crippen LogP contribution is 2.25. The highest BCUT2D eigenvalue weighted by molar-refractivity contribution is 5.98. The third-order valence-electron chi connectivity index (χ3n) is 3.77. The quantitative estimate of drug-likeness (QED) is 0.468. The number of hydrogen-bond donors (Lipinski definition) is 2. The molecule has 0 saturated carbocycles. The zero-order valence-electron chi connectivity index (χ0n) is 16.6. The van der Waals surface area contributed by atoms with Crippen LogP contribution >= 0.6 is 0 Å². The van der Waals surface area contributed by atoms with E-state index in [9.17, 15) is 19.6 Å². The Morgan fingerprint density at radius 2 is 1.89 bits per heavy atom. The molecule has 0 fully saturated rings. The molecule has 28 heavy (non-hydrogen) atoms. The average molecular weight is 396 g/mol. The van der Waals surface area contributed by atoms with Crippen LogP contribution in [0.25, 0.3) is 0 Å². The molecule has 0 aliphatic carbocycles. The van der Waals surface area contributed by atoms with Crippen LogP contribution in [0.1, 0.15) is 30.6 Å². The lowest BCUT2D eigenvalue weighted by atomic mass is 10.0. The molecule has 0 aromatic heterocycles. The molecule has 0 aliphatic rings. The van der Waals surface area contributed by atoms with Crippen LogP contribution in [0.2, 0.25) is 0 Å². The number of rotatable bonds is 9. The fraction of sp³-hybridized carbons (Fsp3) is 0.500. The Morgan fingerprint density at radius 1 is 1.25 bits per heavy atom. The summed E-state index contributed by atoms with van der Waals surface area (Å²) < 4.78 is 9.66. The Kier molecular flexibility index (Phi) is 8.68. The topological polar surface area (TPSA) is 131 Å². The van der Waals surface area contributed by atoms with E-state index in [4.69, 9.17) is 9.94 Å². The number of benzene rings is 1. The fourth-order valence-corrected chi connectivity index (χ4v) is 2.47. The van der Waals surface area contributed by atoms with Crippen LogP contribution < -0.4 is 15.4 Å². The molecule has 1 amide bonds. The zero-order valence-corrected chi connectivity index (χ0v) is 16.6. The van der Waals surface area contributed by atoms with Crippen LogP contribution in [0, 0.1) is 11.1 Å². The van der Waals surface area contributed by atoms with Gasteiger partial charge in [-0.3, -0.25) is 10.0 Å². The molecule has 10 heteroatoms. The van der Waals surface area contributed by atoms with Crippen molar-refractivity contribution in [3.05, 3.63) is 29.0 Å². The number of ether oxygens (including phenoxy) is 2. The van der Waals surface area contributed by atoms with Gasteiger partial charge in [-0.2, -0.15) is 0 Å². The van der Waals surface area contributed by atoms with Crippen LogP contribution in [0.4, 0.5) is 11.4 Å². The van der Waals surface area contributed by atoms with Crippen LogP contribution in [-0.2, 0) is 19.1 Å². The largest absolute Gasteiger partial charge is 0.733 e. The standard InChI is InChI=1S/C18H26N3O7/c1-11(2)8-14(18(24)27-5)19-16(22)10-28-17(23)13-9-12(21(25)26)6-7-15(13)20(3)4/h6-7,9,11,14,25H,8,10H2,1-5H3,(H,19,22)/q-1. The molecule has 156 valence electrons. The first-order chi connectivity index (χ1) is 13.1. The first kappa shape index (κ1) is 23.2. The second-order valence-electron chi connectivity index (χ2n) is 6.72. The summed E-state index contributed by atoms with van der Waals surface area (Å²) in [4.78, 5) is 37.8. The molecule has 10 nitrogen and oxygen atoms in total.